The van der Waals surface area contributed by atoms with Gasteiger partial charge in [0.2, 0.25) is 5.91 Å². The molecule has 0 saturated carbocycles. The second-order valence-electron chi connectivity index (χ2n) is 7.90. The van der Waals surface area contributed by atoms with Crippen molar-refractivity contribution < 1.29 is 19.1 Å². The lowest BCUT2D eigenvalue weighted by Crippen LogP contribution is -2.45. The summed E-state index contributed by atoms with van der Waals surface area (Å²) >= 11 is 6.06. The minimum Gasteiger partial charge on any atom is -0.484 e. The van der Waals surface area contributed by atoms with E-state index in [1.807, 2.05) is 67.6 Å². The van der Waals surface area contributed by atoms with Gasteiger partial charge in [0.05, 0.1) is 0 Å². The Morgan fingerprint density at radius 1 is 0.943 bits per heavy atom. The van der Waals surface area contributed by atoms with Gasteiger partial charge in [-0.25, -0.2) is 0 Å². The zero-order valence-corrected chi connectivity index (χ0v) is 20.6. The van der Waals surface area contributed by atoms with Crippen molar-refractivity contribution in [3.05, 3.63) is 101 Å². The number of carbonyl (C=O) groups is 2. The summed E-state index contributed by atoms with van der Waals surface area (Å²) in [6, 6.07) is 24.8. The zero-order chi connectivity index (χ0) is 24.9. The maximum atomic E-state index is 13.5. The van der Waals surface area contributed by atoms with Gasteiger partial charge in [0, 0.05) is 31.3 Å². The molecule has 3 rings (SSSR count). The molecule has 35 heavy (non-hydrogen) atoms. The Kier molecular flexibility index (Phi) is 10.6. The van der Waals surface area contributed by atoms with E-state index in [2.05, 4.69) is 5.32 Å². The SMILES string of the molecule is CCOCCCNC(=O)[C@H](c1ccccc1)N(Cc1ccc(Cl)cc1)C(=O)COc1ccccc1. The van der Waals surface area contributed by atoms with Crippen LogP contribution in [0.4, 0.5) is 0 Å². The lowest BCUT2D eigenvalue weighted by molar-refractivity contribution is -0.143. The fourth-order valence-corrected chi connectivity index (χ4v) is 3.72. The third kappa shape index (κ3) is 8.42. The van der Waals surface area contributed by atoms with Crippen molar-refractivity contribution in [1.82, 2.24) is 10.2 Å². The van der Waals surface area contributed by atoms with Crippen molar-refractivity contribution in [2.24, 2.45) is 0 Å². The smallest absolute Gasteiger partial charge is 0.261 e. The number of halogens is 1. The van der Waals surface area contributed by atoms with Crippen molar-refractivity contribution in [1.29, 1.82) is 0 Å². The standard InChI is InChI=1S/C28H31ClN2O4/c1-2-34-19-9-18-30-28(33)27(23-10-5-3-6-11-23)31(20-22-14-16-24(29)17-15-22)26(32)21-35-25-12-7-4-8-13-25/h3-8,10-17,27H,2,9,18-21H2,1H3,(H,30,33)/t27-/m0/s1. The number of nitrogens with one attached hydrogen (secondary N) is 1. The second-order valence-corrected chi connectivity index (χ2v) is 8.34. The van der Waals surface area contributed by atoms with E-state index >= 15 is 0 Å². The van der Waals surface area contributed by atoms with Gasteiger partial charge in [-0.2, -0.15) is 0 Å². The quantitative estimate of drug-likeness (QED) is 0.338. The highest BCUT2D eigenvalue weighted by molar-refractivity contribution is 6.30. The van der Waals surface area contributed by atoms with Crippen LogP contribution in [0.3, 0.4) is 0 Å². The highest BCUT2D eigenvalue weighted by atomic mass is 35.5. The molecule has 7 heteroatoms. The molecule has 0 aromatic heterocycles. The van der Waals surface area contributed by atoms with E-state index in [1.165, 1.54) is 0 Å². The summed E-state index contributed by atoms with van der Waals surface area (Å²) in [5, 5.41) is 3.57. The van der Waals surface area contributed by atoms with Gasteiger partial charge in [-0.3, -0.25) is 9.59 Å². The van der Waals surface area contributed by atoms with Crippen LogP contribution in [0.15, 0.2) is 84.9 Å². The van der Waals surface area contributed by atoms with Crippen LogP contribution in [0, 0.1) is 0 Å². The number of nitrogens with zero attached hydrogens (tertiary/aromatic N) is 1. The molecule has 0 aliphatic rings. The van der Waals surface area contributed by atoms with Crippen molar-refractivity contribution in [3.8, 4) is 5.75 Å². The molecule has 0 unspecified atom stereocenters. The normalized spacial score (nSPS) is 11.5. The van der Waals surface area contributed by atoms with E-state index in [0.29, 0.717) is 37.0 Å². The summed E-state index contributed by atoms with van der Waals surface area (Å²) in [6.45, 7) is 3.60. The number of ether oxygens (including phenoxy) is 2. The summed E-state index contributed by atoms with van der Waals surface area (Å²) in [5.41, 5.74) is 1.57. The third-order valence-electron chi connectivity index (χ3n) is 5.34. The molecule has 0 fully saturated rings. The summed E-state index contributed by atoms with van der Waals surface area (Å²) in [6.07, 6.45) is 0.684. The molecule has 0 spiro atoms. The fourth-order valence-electron chi connectivity index (χ4n) is 3.59. The molecule has 0 bridgehead atoms. The number of benzene rings is 3. The minimum atomic E-state index is -0.828. The lowest BCUT2D eigenvalue weighted by atomic mass is 10.0. The predicted molar refractivity (Wildman–Crippen MR) is 137 cm³/mol. The van der Waals surface area contributed by atoms with Gasteiger partial charge in [0.25, 0.3) is 5.91 Å². The summed E-state index contributed by atoms with van der Waals surface area (Å²) in [5.74, 6) is 0.0285. The van der Waals surface area contributed by atoms with Crippen molar-refractivity contribution in [2.75, 3.05) is 26.4 Å². The van der Waals surface area contributed by atoms with E-state index in [0.717, 1.165) is 11.1 Å². The summed E-state index contributed by atoms with van der Waals surface area (Å²) in [4.78, 5) is 28.5. The van der Waals surface area contributed by atoms with Gasteiger partial charge < -0.3 is 19.7 Å². The zero-order valence-electron chi connectivity index (χ0n) is 19.9. The van der Waals surface area contributed by atoms with Gasteiger partial charge in [0.1, 0.15) is 11.8 Å². The largest absolute Gasteiger partial charge is 0.484 e. The molecule has 1 atom stereocenters. The molecule has 6 nitrogen and oxygen atoms in total. The summed E-state index contributed by atoms with van der Waals surface area (Å²) < 4.78 is 11.1. The number of amides is 2. The van der Waals surface area contributed by atoms with Crippen LogP contribution >= 0.6 is 11.6 Å². The highest BCUT2D eigenvalue weighted by Gasteiger charge is 2.31. The van der Waals surface area contributed by atoms with Crippen LogP contribution in [0.1, 0.15) is 30.5 Å². The molecular weight excluding hydrogens is 464 g/mol. The maximum absolute atomic E-state index is 13.5. The second kappa shape index (κ2) is 14.1. The maximum Gasteiger partial charge on any atom is 0.261 e. The Hall–Kier alpha value is -3.35. The monoisotopic (exact) mass is 494 g/mol. The Balaban J connectivity index is 1.85. The molecule has 0 aliphatic heterocycles. The van der Waals surface area contributed by atoms with E-state index < -0.39 is 6.04 Å². The first-order valence-electron chi connectivity index (χ1n) is 11.7. The Labute approximate surface area is 211 Å². The lowest BCUT2D eigenvalue weighted by Gasteiger charge is -2.31. The number of hydrogen-bond acceptors (Lipinski definition) is 4. The predicted octanol–water partition coefficient (Wildman–Crippen LogP) is 5.03. The highest BCUT2D eigenvalue weighted by Crippen LogP contribution is 2.25. The first-order chi connectivity index (χ1) is 17.1. The average Bonchev–Trinajstić information content (AvgIpc) is 2.89. The fraction of sp³-hybridized carbons (Fsp3) is 0.286. The molecule has 184 valence electrons. The van der Waals surface area contributed by atoms with Crippen LogP contribution in [-0.4, -0.2) is 43.1 Å². The van der Waals surface area contributed by atoms with Crippen LogP contribution < -0.4 is 10.1 Å². The van der Waals surface area contributed by atoms with Crippen molar-refractivity contribution in [3.63, 3.8) is 0 Å². The Morgan fingerprint density at radius 3 is 2.26 bits per heavy atom. The number of rotatable bonds is 13. The number of hydrogen-bond donors (Lipinski definition) is 1. The van der Waals surface area contributed by atoms with Crippen LogP contribution in [0.2, 0.25) is 5.02 Å². The molecule has 2 amide bonds. The average molecular weight is 495 g/mol. The molecule has 3 aromatic rings. The summed E-state index contributed by atoms with van der Waals surface area (Å²) in [7, 11) is 0. The molecule has 3 aromatic carbocycles. The van der Waals surface area contributed by atoms with Crippen LogP contribution in [0.25, 0.3) is 0 Å². The molecule has 0 aliphatic carbocycles. The van der Waals surface area contributed by atoms with E-state index in [9.17, 15) is 9.59 Å². The van der Waals surface area contributed by atoms with E-state index in [4.69, 9.17) is 21.1 Å². The number of carbonyl (C=O) groups excluding carboxylic acids is 2. The first kappa shape index (κ1) is 26.3. The van der Waals surface area contributed by atoms with Gasteiger partial charge in [-0.05, 0) is 48.7 Å². The molecule has 0 heterocycles. The first-order valence-corrected chi connectivity index (χ1v) is 12.1. The van der Waals surface area contributed by atoms with Crippen molar-refractivity contribution >= 4 is 23.4 Å². The Bertz CT molecular complexity index is 1050. The Morgan fingerprint density at radius 2 is 1.60 bits per heavy atom. The third-order valence-corrected chi connectivity index (χ3v) is 5.59. The van der Waals surface area contributed by atoms with E-state index in [1.54, 1.807) is 29.2 Å². The number of para-hydroxylation sites is 1. The van der Waals surface area contributed by atoms with Gasteiger partial charge in [-0.1, -0.05) is 72.3 Å². The van der Waals surface area contributed by atoms with Crippen molar-refractivity contribution in [2.45, 2.75) is 25.9 Å². The van der Waals surface area contributed by atoms with Gasteiger partial charge in [0.15, 0.2) is 6.61 Å². The van der Waals surface area contributed by atoms with Gasteiger partial charge >= 0.3 is 0 Å². The molecule has 1 N–H and O–H groups in total. The minimum absolute atomic E-state index is 0.196. The van der Waals surface area contributed by atoms with Gasteiger partial charge in [-0.15, -0.1) is 0 Å². The topological polar surface area (TPSA) is 67.9 Å². The van der Waals surface area contributed by atoms with Crippen LogP contribution in [-0.2, 0) is 20.9 Å². The van der Waals surface area contributed by atoms with E-state index in [-0.39, 0.29) is 25.0 Å². The van der Waals surface area contributed by atoms with Crippen LogP contribution in [0.5, 0.6) is 5.75 Å². The molecule has 0 radical (unpaired) electrons. The molecular formula is C28H31ClN2O4. The molecule has 0 saturated heterocycles.